The summed E-state index contributed by atoms with van der Waals surface area (Å²) in [6, 6.07) is 16.5. The van der Waals surface area contributed by atoms with Crippen molar-refractivity contribution in [1.82, 2.24) is 5.32 Å². The minimum atomic E-state index is -0.333. The van der Waals surface area contributed by atoms with Gasteiger partial charge in [0.2, 0.25) is 0 Å². The highest BCUT2D eigenvalue weighted by molar-refractivity contribution is 9.10. The van der Waals surface area contributed by atoms with Crippen LogP contribution in [0.3, 0.4) is 0 Å². The highest BCUT2D eigenvalue weighted by Gasteiger charge is 2.07. The molecule has 4 nitrogen and oxygen atoms in total. The van der Waals surface area contributed by atoms with Gasteiger partial charge in [-0.2, -0.15) is 0 Å². The molecular formula is C17H16BrNO3. The molecule has 114 valence electrons. The quantitative estimate of drug-likeness (QED) is 0.803. The first-order valence-electron chi connectivity index (χ1n) is 6.88. The van der Waals surface area contributed by atoms with Gasteiger partial charge in [-0.15, -0.1) is 0 Å². The van der Waals surface area contributed by atoms with E-state index in [0.29, 0.717) is 5.56 Å². The molecule has 0 bridgehead atoms. The molecule has 0 fully saturated rings. The van der Waals surface area contributed by atoms with Crippen LogP contribution in [0.2, 0.25) is 0 Å². The van der Waals surface area contributed by atoms with Crippen molar-refractivity contribution in [2.75, 3.05) is 6.54 Å². The van der Waals surface area contributed by atoms with E-state index in [2.05, 4.69) is 21.2 Å². The second kappa shape index (κ2) is 8.34. The number of hydrogen-bond acceptors (Lipinski definition) is 3. The van der Waals surface area contributed by atoms with Crippen LogP contribution in [0.25, 0.3) is 0 Å². The normalized spacial score (nSPS) is 10.0. The highest BCUT2D eigenvalue weighted by Crippen LogP contribution is 2.10. The maximum atomic E-state index is 11.8. The van der Waals surface area contributed by atoms with Gasteiger partial charge in [-0.1, -0.05) is 46.3 Å². The van der Waals surface area contributed by atoms with Gasteiger partial charge in [-0.3, -0.25) is 9.59 Å². The molecule has 0 saturated heterocycles. The van der Waals surface area contributed by atoms with Crippen molar-refractivity contribution in [3.8, 4) is 0 Å². The molecule has 0 aliphatic carbocycles. The summed E-state index contributed by atoms with van der Waals surface area (Å²) < 4.78 is 6.05. The lowest BCUT2D eigenvalue weighted by atomic mass is 10.2. The van der Waals surface area contributed by atoms with Crippen LogP contribution in [-0.2, 0) is 16.1 Å². The number of ether oxygens (including phenoxy) is 1. The van der Waals surface area contributed by atoms with Gasteiger partial charge in [0.25, 0.3) is 5.91 Å². The van der Waals surface area contributed by atoms with E-state index >= 15 is 0 Å². The molecule has 0 aromatic heterocycles. The molecule has 0 radical (unpaired) electrons. The molecule has 0 unspecified atom stereocenters. The largest absolute Gasteiger partial charge is 0.461 e. The highest BCUT2D eigenvalue weighted by atomic mass is 79.9. The molecule has 0 saturated carbocycles. The lowest BCUT2D eigenvalue weighted by molar-refractivity contribution is -0.144. The van der Waals surface area contributed by atoms with E-state index in [1.807, 2.05) is 30.3 Å². The molecule has 0 aliphatic rings. The van der Waals surface area contributed by atoms with Gasteiger partial charge in [-0.05, 0) is 29.8 Å². The third-order valence-electron chi connectivity index (χ3n) is 2.96. The van der Waals surface area contributed by atoms with Crippen LogP contribution in [-0.4, -0.2) is 18.4 Å². The van der Waals surface area contributed by atoms with Crippen molar-refractivity contribution in [3.63, 3.8) is 0 Å². The van der Waals surface area contributed by atoms with Crippen molar-refractivity contribution < 1.29 is 14.3 Å². The maximum Gasteiger partial charge on any atom is 0.307 e. The first kappa shape index (κ1) is 16.2. The van der Waals surface area contributed by atoms with Crippen LogP contribution in [0.5, 0.6) is 0 Å². The van der Waals surface area contributed by atoms with Crippen molar-refractivity contribution in [2.45, 2.75) is 13.0 Å². The zero-order valence-corrected chi connectivity index (χ0v) is 13.5. The van der Waals surface area contributed by atoms with Gasteiger partial charge >= 0.3 is 5.97 Å². The van der Waals surface area contributed by atoms with Crippen molar-refractivity contribution >= 4 is 27.8 Å². The van der Waals surface area contributed by atoms with E-state index in [-0.39, 0.29) is 31.4 Å². The predicted octanol–water partition coefficient (Wildman–Crippen LogP) is 3.31. The average Bonchev–Trinajstić information content (AvgIpc) is 2.54. The molecule has 2 aromatic rings. The Hall–Kier alpha value is -2.14. The Balaban J connectivity index is 1.68. The Morgan fingerprint density at radius 2 is 1.68 bits per heavy atom. The SMILES string of the molecule is O=C(CCNC(=O)c1ccc(Br)cc1)OCc1ccccc1. The summed E-state index contributed by atoms with van der Waals surface area (Å²) in [6.45, 7) is 0.503. The summed E-state index contributed by atoms with van der Waals surface area (Å²) in [5.74, 6) is -0.539. The summed E-state index contributed by atoms with van der Waals surface area (Å²) in [4.78, 5) is 23.4. The molecule has 0 spiro atoms. The zero-order valence-electron chi connectivity index (χ0n) is 11.9. The van der Waals surface area contributed by atoms with Crippen LogP contribution in [0.1, 0.15) is 22.3 Å². The molecule has 2 aromatic carbocycles. The Labute approximate surface area is 137 Å². The number of nitrogens with one attached hydrogen (secondary N) is 1. The van der Waals surface area contributed by atoms with Gasteiger partial charge in [0, 0.05) is 16.6 Å². The van der Waals surface area contributed by atoms with E-state index in [9.17, 15) is 9.59 Å². The Morgan fingerprint density at radius 1 is 1.00 bits per heavy atom. The summed E-state index contributed by atoms with van der Waals surface area (Å²) in [5, 5.41) is 2.69. The molecule has 0 heterocycles. The Morgan fingerprint density at radius 3 is 2.36 bits per heavy atom. The summed E-state index contributed by atoms with van der Waals surface area (Å²) in [6.07, 6.45) is 0.148. The first-order chi connectivity index (χ1) is 10.6. The van der Waals surface area contributed by atoms with Gasteiger partial charge < -0.3 is 10.1 Å². The van der Waals surface area contributed by atoms with E-state index in [0.717, 1.165) is 10.0 Å². The molecule has 22 heavy (non-hydrogen) atoms. The van der Waals surface area contributed by atoms with Crippen LogP contribution in [0.15, 0.2) is 59.1 Å². The Kier molecular flexibility index (Phi) is 6.15. The van der Waals surface area contributed by atoms with E-state index in [1.54, 1.807) is 24.3 Å². The van der Waals surface area contributed by atoms with Crippen molar-refractivity contribution in [1.29, 1.82) is 0 Å². The summed E-state index contributed by atoms with van der Waals surface area (Å²) in [5.41, 5.74) is 1.50. The van der Waals surface area contributed by atoms with E-state index < -0.39 is 0 Å². The van der Waals surface area contributed by atoms with Crippen molar-refractivity contribution in [3.05, 3.63) is 70.2 Å². The van der Waals surface area contributed by atoms with Crippen molar-refractivity contribution in [2.24, 2.45) is 0 Å². The van der Waals surface area contributed by atoms with Gasteiger partial charge in [0.15, 0.2) is 0 Å². The lowest BCUT2D eigenvalue weighted by Crippen LogP contribution is -2.26. The maximum absolute atomic E-state index is 11.8. The smallest absolute Gasteiger partial charge is 0.307 e. The summed E-state index contributed by atoms with van der Waals surface area (Å²) in [7, 11) is 0. The number of carbonyl (C=O) groups is 2. The number of amides is 1. The lowest BCUT2D eigenvalue weighted by Gasteiger charge is -2.06. The molecule has 5 heteroatoms. The average molecular weight is 362 g/mol. The Bertz CT molecular complexity index is 626. The number of esters is 1. The predicted molar refractivity (Wildman–Crippen MR) is 87.3 cm³/mol. The molecular weight excluding hydrogens is 346 g/mol. The minimum Gasteiger partial charge on any atom is -0.461 e. The minimum absolute atomic E-state index is 0.148. The van der Waals surface area contributed by atoms with Crippen LogP contribution in [0, 0.1) is 0 Å². The van der Waals surface area contributed by atoms with Gasteiger partial charge in [-0.25, -0.2) is 0 Å². The van der Waals surface area contributed by atoms with E-state index in [1.165, 1.54) is 0 Å². The second-order valence-electron chi connectivity index (χ2n) is 4.66. The van der Waals surface area contributed by atoms with Crippen LogP contribution in [0.4, 0.5) is 0 Å². The second-order valence-corrected chi connectivity index (χ2v) is 5.57. The molecule has 0 aliphatic heterocycles. The number of halogens is 1. The molecule has 1 amide bonds. The molecule has 1 N–H and O–H groups in total. The van der Waals surface area contributed by atoms with Crippen LogP contribution >= 0.6 is 15.9 Å². The third-order valence-corrected chi connectivity index (χ3v) is 3.49. The standard InChI is InChI=1S/C17H16BrNO3/c18-15-8-6-14(7-9-15)17(21)19-11-10-16(20)22-12-13-4-2-1-3-5-13/h1-9H,10-12H2,(H,19,21). The third kappa shape index (κ3) is 5.33. The number of hydrogen-bond donors (Lipinski definition) is 1. The first-order valence-corrected chi connectivity index (χ1v) is 7.68. The molecule has 2 rings (SSSR count). The topological polar surface area (TPSA) is 55.4 Å². The number of rotatable bonds is 6. The monoisotopic (exact) mass is 361 g/mol. The zero-order chi connectivity index (χ0) is 15.8. The number of carbonyl (C=O) groups excluding carboxylic acids is 2. The number of benzene rings is 2. The fourth-order valence-corrected chi connectivity index (χ4v) is 2.06. The fraction of sp³-hybridized carbons (Fsp3) is 0.176. The molecule has 0 atom stereocenters. The fourth-order valence-electron chi connectivity index (χ4n) is 1.79. The van der Waals surface area contributed by atoms with Crippen LogP contribution < -0.4 is 5.32 Å². The summed E-state index contributed by atoms with van der Waals surface area (Å²) >= 11 is 3.31. The van der Waals surface area contributed by atoms with E-state index in [4.69, 9.17) is 4.74 Å². The van der Waals surface area contributed by atoms with Gasteiger partial charge in [0.05, 0.1) is 6.42 Å². The van der Waals surface area contributed by atoms with Gasteiger partial charge in [0.1, 0.15) is 6.61 Å².